The Morgan fingerprint density at radius 2 is 1.96 bits per heavy atom. The molecule has 0 spiro atoms. The van der Waals surface area contributed by atoms with Crippen LogP contribution in [0.5, 0.6) is 0 Å². The van der Waals surface area contributed by atoms with Gasteiger partial charge < -0.3 is 5.32 Å². The van der Waals surface area contributed by atoms with E-state index in [1.54, 1.807) is 18.2 Å². The van der Waals surface area contributed by atoms with E-state index < -0.39 is 0 Å². The molecule has 6 nitrogen and oxygen atoms in total. The average Bonchev–Trinajstić information content (AvgIpc) is 2.62. The maximum absolute atomic E-state index is 12.2. The predicted octanol–water partition coefficient (Wildman–Crippen LogP) is 3.10. The number of nitrogens with one attached hydrogen (secondary N) is 2. The Labute approximate surface area is 164 Å². The first-order chi connectivity index (χ1) is 12.3. The number of halogens is 2. The number of H-pyrrole nitrogens is 1. The summed E-state index contributed by atoms with van der Waals surface area (Å²) >= 11 is 13.0. The smallest absolute Gasteiger partial charge is 0.289 e. The summed E-state index contributed by atoms with van der Waals surface area (Å²) in [4.78, 5) is 15.0. The monoisotopic (exact) mass is 406 g/mol. The quantitative estimate of drug-likeness (QED) is 0.739. The Morgan fingerprint density at radius 3 is 2.58 bits per heavy atom. The van der Waals surface area contributed by atoms with Crippen LogP contribution < -0.4 is 16.0 Å². The molecule has 9 heteroatoms. The summed E-state index contributed by atoms with van der Waals surface area (Å²) in [5.41, 5.74) is 6.98. The van der Waals surface area contributed by atoms with Crippen molar-refractivity contribution in [3.05, 3.63) is 51.0 Å². The topological polar surface area (TPSA) is 117 Å². The van der Waals surface area contributed by atoms with Gasteiger partial charge in [0.25, 0.3) is 5.82 Å². The zero-order chi connectivity index (χ0) is 19.3. The highest BCUT2D eigenvalue weighted by Crippen LogP contribution is 2.26. The number of hydrogen-bond acceptors (Lipinski definition) is 5. The third-order valence-corrected chi connectivity index (χ3v) is 5.24. The molecule has 1 heterocycles. The molecule has 132 valence electrons. The lowest BCUT2D eigenvalue weighted by Crippen LogP contribution is -2.28. The number of nitrogens with zero attached hydrogens (tertiary/aromatic N) is 2. The minimum atomic E-state index is -0.261. The van der Waals surface area contributed by atoms with E-state index in [9.17, 15) is 10.1 Å². The van der Waals surface area contributed by atoms with Crippen molar-refractivity contribution in [2.75, 3.05) is 11.5 Å². The van der Waals surface area contributed by atoms with Crippen molar-refractivity contribution in [1.29, 1.82) is 10.5 Å². The number of nitriles is 2. The molecule has 4 N–H and O–H groups in total. The van der Waals surface area contributed by atoms with Gasteiger partial charge in [-0.15, -0.1) is 0 Å². The highest BCUT2D eigenvalue weighted by Gasteiger charge is 2.17. The van der Waals surface area contributed by atoms with Crippen LogP contribution in [0.25, 0.3) is 0 Å². The van der Waals surface area contributed by atoms with Gasteiger partial charge >= 0.3 is 0 Å². The fraction of sp³-hybridized carbons (Fsp3) is 0.176. The molecule has 1 atom stereocenters. The summed E-state index contributed by atoms with van der Waals surface area (Å²) in [6.07, 6.45) is 0. The van der Waals surface area contributed by atoms with Gasteiger partial charge in [-0.25, -0.2) is 4.98 Å². The van der Waals surface area contributed by atoms with Crippen molar-refractivity contribution >= 4 is 46.7 Å². The van der Waals surface area contributed by atoms with Gasteiger partial charge in [-0.2, -0.15) is 10.5 Å². The van der Waals surface area contributed by atoms with Crippen LogP contribution >= 0.6 is 35.0 Å². The van der Waals surface area contributed by atoms with Crippen LogP contribution in [0, 0.1) is 22.7 Å². The number of carbonyl (C=O) groups is 1. The maximum atomic E-state index is 12.2. The number of aromatic nitrogens is 1. The number of anilines is 1. The molecule has 0 aliphatic heterocycles. The molecule has 0 radical (unpaired) electrons. The molecule has 0 saturated carbocycles. The van der Waals surface area contributed by atoms with Crippen LogP contribution in [0.3, 0.4) is 0 Å². The molecular formula is C17H14Cl2N5OS+. The van der Waals surface area contributed by atoms with Crippen molar-refractivity contribution in [2.24, 2.45) is 0 Å². The van der Waals surface area contributed by atoms with Gasteiger partial charge in [0.2, 0.25) is 5.91 Å². The zero-order valence-electron chi connectivity index (χ0n) is 13.6. The Morgan fingerprint density at radius 1 is 1.27 bits per heavy atom. The van der Waals surface area contributed by atoms with E-state index in [1.807, 2.05) is 19.1 Å². The molecule has 0 aliphatic carbocycles. The van der Waals surface area contributed by atoms with Crippen LogP contribution in [-0.2, 0) is 4.79 Å². The van der Waals surface area contributed by atoms with Crippen LogP contribution in [0.1, 0.15) is 29.7 Å². The second kappa shape index (κ2) is 8.77. The summed E-state index contributed by atoms with van der Waals surface area (Å²) in [5, 5.41) is 22.3. The number of thioether (sulfide) groups is 1. The molecule has 1 amide bonds. The van der Waals surface area contributed by atoms with Gasteiger partial charge in [-0.05, 0) is 30.7 Å². The number of carbonyl (C=O) groups excluding carboxylic acids is 1. The number of amides is 1. The first-order valence-electron chi connectivity index (χ1n) is 7.38. The van der Waals surface area contributed by atoms with E-state index in [2.05, 4.69) is 10.3 Å². The summed E-state index contributed by atoms with van der Waals surface area (Å²) in [7, 11) is 0. The predicted molar refractivity (Wildman–Crippen MR) is 101 cm³/mol. The van der Waals surface area contributed by atoms with Crippen molar-refractivity contribution < 1.29 is 9.78 Å². The highest BCUT2D eigenvalue weighted by molar-refractivity contribution is 7.99. The van der Waals surface area contributed by atoms with Crippen molar-refractivity contribution in [1.82, 2.24) is 5.32 Å². The number of benzene rings is 1. The first-order valence-corrected chi connectivity index (χ1v) is 9.13. The number of nitrogen functional groups attached to an aromatic ring is 1. The number of rotatable bonds is 5. The Balaban J connectivity index is 2.03. The third-order valence-electron chi connectivity index (χ3n) is 3.48. The largest absolute Gasteiger partial charge is 0.349 e. The molecule has 0 unspecified atom stereocenters. The van der Waals surface area contributed by atoms with Crippen LogP contribution in [-0.4, -0.2) is 11.7 Å². The highest BCUT2D eigenvalue weighted by atomic mass is 35.5. The summed E-state index contributed by atoms with van der Waals surface area (Å²) in [6, 6.07) is 10.2. The van der Waals surface area contributed by atoms with Crippen molar-refractivity contribution in [2.45, 2.75) is 18.0 Å². The lowest BCUT2D eigenvalue weighted by Gasteiger charge is -2.14. The van der Waals surface area contributed by atoms with Gasteiger partial charge in [0.1, 0.15) is 23.3 Å². The van der Waals surface area contributed by atoms with E-state index in [-0.39, 0.29) is 34.6 Å². The summed E-state index contributed by atoms with van der Waals surface area (Å²) in [6.45, 7) is 1.83. The van der Waals surface area contributed by atoms with Gasteiger partial charge in [0.15, 0.2) is 5.03 Å². The van der Waals surface area contributed by atoms with E-state index in [4.69, 9.17) is 34.2 Å². The number of nitrogens with two attached hydrogens (primary N) is 1. The fourth-order valence-electron chi connectivity index (χ4n) is 2.12. The SMILES string of the molecule is C[C@H](NC(=O)CSc1[nH+]c(N)c(C#N)cc1C#N)c1ccc(Cl)c(Cl)c1. The number of hydrogen-bond donors (Lipinski definition) is 2. The number of aromatic amines is 1. The molecule has 0 aliphatic rings. The maximum Gasteiger partial charge on any atom is 0.289 e. The molecule has 1 aromatic heterocycles. The van der Waals surface area contributed by atoms with Gasteiger partial charge in [-0.1, -0.05) is 41.0 Å². The molecule has 0 saturated heterocycles. The summed E-state index contributed by atoms with van der Waals surface area (Å²) in [5.74, 6) is -0.00489. The van der Waals surface area contributed by atoms with Gasteiger partial charge in [0.05, 0.1) is 21.8 Å². The standard InChI is InChI=1S/C17H13Cl2N5OS/c1-9(10-2-3-13(18)14(19)5-10)23-15(25)8-26-17-12(7-21)4-11(6-20)16(22)24-17/h2-5,9H,8H2,1H3,(H2,22,24)(H,23,25)/p+1/t9-/m0/s1. The normalized spacial score (nSPS) is 11.3. The molecule has 26 heavy (non-hydrogen) atoms. The minimum absolute atomic E-state index is 0.0716. The third kappa shape index (κ3) is 4.80. The first kappa shape index (κ1) is 19.9. The zero-order valence-corrected chi connectivity index (χ0v) is 16.0. The Kier molecular flexibility index (Phi) is 6.70. The van der Waals surface area contributed by atoms with Gasteiger partial charge in [0, 0.05) is 0 Å². The molecule has 0 bridgehead atoms. The van der Waals surface area contributed by atoms with Crippen LogP contribution in [0.4, 0.5) is 5.82 Å². The van der Waals surface area contributed by atoms with E-state index in [0.717, 1.165) is 17.3 Å². The lowest BCUT2D eigenvalue weighted by molar-refractivity contribution is -0.410. The molecule has 1 aromatic carbocycles. The van der Waals surface area contributed by atoms with Crippen molar-refractivity contribution in [3.63, 3.8) is 0 Å². The summed E-state index contributed by atoms with van der Waals surface area (Å²) < 4.78 is 0. The Hall–Kier alpha value is -2.45. The van der Waals surface area contributed by atoms with Gasteiger partial charge in [-0.3, -0.25) is 10.5 Å². The minimum Gasteiger partial charge on any atom is -0.349 e. The molecular weight excluding hydrogens is 393 g/mol. The van der Waals surface area contributed by atoms with Crippen molar-refractivity contribution in [3.8, 4) is 12.1 Å². The second-order valence-electron chi connectivity index (χ2n) is 5.31. The average molecular weight is 407 g/mol. The van der Waals surface area contributed by atoms with E-state index >= 15 is 0 Å². The lowest BCUT2D eigenvalue weighted by atomic mass is 10.1. The van der Waals surface area contributed by atoms with E-state index in [0.29, 0.717) is 15.1 Å². The molecule has 2 aromatic rings. The van der Waals surface area contributed by atoms with Crippen LogP contribution in [0.15, 0.2) is 29.3 Å². The Bertz CT molecular complexity index is 936. The molecule has 2 rings (SSSR count). The van der Waals surface area contributed by atoms with E-state index in [1.165, 1.54) is 6.07 Å². The fourth-order valence-corrected chi connectivity index (χ4v) is 3.23. The molecule has 0 fully saturated rings. The number of pyridine rings is 1. The second-order valence-corrected chi connectivity index (χ2v) is 7.11. The van der Waals surface area contributed by atoms with Crippen LogP contribution in [0.2, 0.25) is 10.0 Å².